The Hall–Kier alpha value is -3.22. The van der Waals surface area contributed by atoms with E-state index in [1.807, 2.05) is 52.6 Å². The molecule has 4 rings (SSSR count). The highest BCUT2D eigenvalue weighted by Crippen LogP contribution is 2.41. The highest BCUT2D eigenvalue weighted by atomic mass is 32.2. The maximum Gasteiger partial charge on any atom is 0.416 e. The largest absolute Gasteiger partial charge is 0.444 e. The third kappa shape index (κ3) is 8.33. The molecule has 0 spiro atoms. The van der Waals surface area contributed by atoms with Gasteiger partial charge in [0.15, 0.2) is 0 Å². The van der Waals surface area contributed by atoms with Crippen LogP contribution in [0, 0.1) is 5.92 Å². The second-order valence-corrected chi connectivity index (χ2v) is 13.9. The average molecular weight is 648 g/mol. The zero-order valence-electron chi connectivity index (χ0n) is 26.8. The second-order valence-electron chi connectivity index (χ2n) is 13.1. The summed E-state index contributed by atoms with van der Waals surface area (Å²) >= 11 is 1.06. The molecule has 246 valence electrons. The average Bonchev–Trinajstić information content (AvgIpc) is 3.58. The molecule has 2 aromatic carbocycles. The van der Waals surface area contributed by atoms with Gasteiger partial charge in [-0.15, -0.1) is 0 Å². The minimum absolute atomic E-state index is 0.0144. The van der Waals surface area contributed by atoms with Crippen LogP contribution in [0.25, 0.3) is 0 Å². The normalized spacial score (nSPS) is 18.4. The first-order chi connectivity index (χ1) is 21.0. The summed E-state index contributed by atoms with van der Waals surface area (Å²) in [5, 5.41) is 5.61. The number of ether oxygens (including phenoxy) is 1. The third-order valence-electron chi connectivity index (χ3n) is 8.59. The summed E-state index contributed by atoms with van der Waals surface area (Å²) in [4.78, 5) is 31.9. The molecular weight excluding hydrogens is 603 g/mol. The number of hydrogen-bond donors (Lipinski definition) is 2. The zero-order chi connectivity index (χ0) is 33.3. The van der Waals surface area contributed by atoms with Crippen LogP contribution in [0.5, 0.6) is 0 Å². The van der Waals surface area contributed by atoms with Crippen molar-refractivity contribution in [1.29, 1.82) is 0 Å². The highest BCUT2D eigenvalue weighted by molar-refractivity contribution is 8.00. The van der Waals surface area contributed by atoms with Crippen molar-refractivity contribution < 1.29 is 27.5 Å². The van der Waals surface area contributed by atoms with E-state index in [1.54, 1.807) is 29.2 Å². The molecule has 0 aliphatic carbocycles. The predicted molar refractivity (Wildman–Crippen MR) is 172 cm³/mol. The van der Waals surface area contributed by atoms with Crippen molar-refractivity contribution in [2.75, 3.05) is 31.6 Å². The number of likely N-dealkylation sites (tertiary alicyclic amines) is 1. The maximum absolute atomic E-state index is 14.4. The Morgan fingerprint density at radius 3 is 2.56 bits per heavy atom. The number of carbonyl (C=O) groups is 2. The standard InChI is InChI=1S/C33H44F3N5O3S/c1-20(39(6)12-10-22-11-13-40(18-22)31(43)44-32(3,4)5)24-16-26-27(28(17-24)33(34,35)36)19-41(30(26)42)25-9-7-8-23(14-25)15-29(37)21(2)45-38/h7-9,14,16-17,20,22H,10-13,15,18-19,37-38H2,1-6H3/b29-21-. The Morgan fingerprint density at radius 2 is 1.91 bits per heavy atom. The Labute approximate surface area is 268 Å². The third-order valence-corrected chi connectivity index (χ3v) is 9.20. The van der Waals surface area contributed by atoms with E-state index in [1.165, 1.54) is 11.0 Å². The number of nitrogens with zero attached hydrogens (tertiary/aromatic N) is 3. The van der Waals surface area contributed by atoms with Crippen LogP contribution in [0.1, 0.15) is 86.1 Å². The minimum atomic E-state index is -4.62. The van der Waals surface area contributed by atoms with Crippen LogP contribution < -0.4 is 15.8 Å². The number of benzene rings is 2. The summed E-state index contributed by atoms with van der Waals surface area (Å²) < 4.78 is 48.7. The van der Waals surface area contributed by atoms with Crippen LogP contribution in [0.3, 0.4) is 0 Å². The molecule has 2 aliphatic rings. The molecule has 1 fully saturated rings. The molecule has 2 aromatic rings. The van der Waals surface area contributed by atoms with Gasteiger partial charge in [0.05, 0.1) is 12.1 Å². The minimum Gasteiger partial charge on any atom is -0.444 e. The fourth-order valence-electron chi connectivity index (χ4n) is 5.78. The van der Waals surface area contributed by atoms with E-state index in [2.05, 4.69) is 0 Å². The molecule has 0 radical (unpaired) electrons. The number of allylic oxidation sites excluding steroid dienone is 2. The Balaban J connectivity index is 1.49. The molecule has 2 amide bonds. The van der Waals surface area contributed by atoms with E-state index >= 15 is 0 Å². The summed E-state index contributed by atoms with van der Waals surface area (Å²) in [6, 6.07) is 9.55. The molecule has 8 nitrogen and oxygen atoms in total. The molecule has 0 aromatic heterocycles. The van der Waals surface area contributed by atoms with Crippen molar-refractivity contribution in [2.45, 2.75) is 78.2 Å². The van der Waals surface area contributed by atoms with Gasteiger partial charge in [-0.1, -0.05) is 24.1 Å². The number of alkyl halides is 3. The van der Waals surface area contributed by atoms with Gasteiger partial charge in [0.1, 0.15) is 5.60 Å². The van der Waals surface area contributed by atoms with E-state index in [9.17, 15) is 22.8 Å². The molecule has 0 bridgehead atoms. The van der Waals surface area contributed by atoms with Crippen molar-refractivity contribution in [3.63, 3.8) is 0 Å². The molecule has 0 saturated carbocycles. The topological polar surface area (TPSA) is 105 Å². The summed E-state index contributed by atoms with van der Waals surface area (Å²) in [6.45, 7) is 10.8. The first kappa shape index (κ1) is 34.6. The molecule has 12 heteroatoms. The van der Waals surface area contributed by atoms with Crippen LogP contribution in [-0.4, -0.2) is 54.1 Å². The van der Waals surface area contributed by atoms with Gasteiger partial charge in [-0.3, -0.25) is 14.8 Å². The summed E-state index contributed by atoms with van der Waals surface area (Å²) in [5.74, 6) is -0.192. The number of anilines is 1. The lowest BCUT2D eigenvalue weighted by molar-refractivity contribution is -0.138. The Morgan fingerprint density at radius 1 is 1.20 bits per heavy atom. The Bertz CT molecular complexity index is 1460. The van der Waals surface area contributed by atoms with Crippen LogP contribution >= 0.6 is 11.9 Å². The lowest BCUT2D eigenvalue weighted by Gasteiger charge is -2.27. The van der Waals surface area contributed by atoms with Gasteiger partial charge >= 0.3 is 12.3 Å². The first-order valence-electron chi connectivity index (χ1n) is 15.1. The smallest absolute Gasteiger partial charge is 0.416 e. The van der Waals surface area contributed by atoms with Crippen LogP contribution in [0.2, 0.25) is 0 Å². The van der Waals surface area contributed by atoms with Gasteiger partial charge in [0.25, 0.3) is 5.91 Å². The molecule has 2 unspecified atom stereocenters. The molecule has 4 N–H and O–H groups in total. The second kappa shape index (κ2) is 13.6. The number of halogens is 3. The number of rotatable bonds is 9. The van der Waals surface area contributed by atoms with Gasteiger partial charge in [0, 0.05) is 47.4 Å². The van der Waals surface area contributed by atoms with Crippen LogP contribution in [0.4, 0.5) is 23.7 Å². The number of hydrogen-bond acceptors (Lipinski definition) is 7. The molecule has 1 saturated heterocycles. The van der Waals surface area contributed by atoms with Crippen LogP contribution in [0.15, 0.2) is 47.0 Å². The van der Waals surface area contributed by atoms with E-state index in [0.29, 0.717) is 43.0 Å². The molecule has 2 atom stereocenters. The molecular formula is C33H44F3N5O3S. The first-order valence-corrected chi connectivity index (χ1v) is 16.0. The predicted octanol–water partition coefficient (Wildman–Crippen LogP) is 6.85. The SMILES string of the molecule is C/C(SN)=C(/N)Cc1cccc(N2Cc3c(cc(C(C)N(C)CCC4CCN(C(=O)OC(C)(C)C)C4)cc3C(F)(F)F)C2=O)c1. The highest BCUT2D eigenvalue weighted by Gasteiger charge is 2.41. The van der Waals surface area contributed by atoms with Gasteiger partial charge in [-0.25, -0.2) is 4.79 Å². The fraction of sp³-hybridized carbons (Fsp3) is 0.515. The van der Waals surface area contributed by atoms with Gasteiger partial charge < -0.3 is 20.3 Å². The van der Waals surface area contributed by atoms with Crippen molar-refractivity contribution in [3.05, 3.63) is 74.8 Å². The van der Waals surface area contributed by atoms with Gasteiger partial charge in [-0.2, -0.15) is 13.2 Å². The van der Waals surface area contributed by atoms with E-state index in [4.69, 9.17) is 15.6 Å². The summed E-state index contributed by atoms with van der Waals surface area (Å²) in [5.41, 5.74) is 7.21. The lowest BCUT2D eigenvalue weighted by Crippen LogP contribution is -2.35. The molecule has 2 heterocycles. The van der Waals surface area contributed by atoms with E-state index in [-0.39, 0.29) is 35.7 Å². The Kier molecular flexibility index (Phi) is 10.5. The van der Waals surface area contributed by atoms with E-state index in [0.717, 1.165) is 35.3 Å². The summed E-state index contributed by atoms with van der Waals surface area (Å²) in [6.07, 6.45) is -2.92. The van der Waals surface area contributed by atoms with Crippen LogP contribution in [-0.2, 0) is 23.9 Å². The molecule has 2 aliphatic heterocycles. The van der Waals surface area contributed by atoms with Crippen molar-refractivity contribution in [3.8, 4) is 0 Å². The number of nitrogens with two attached hydrogens (primary N) is 2. The number of carbonyl (C=O) groups excluding carboxylic acids is 2. The summed E-state index contributed by atoms with van der Waals surface area (Å²) in [7, 11) is 1.87. The molecule has 45 heavy (non-hydrogen) atoms. The quantitative estimate of drug-likeness (QED) is 0.287. The number of amides is 2. The maximum atomic E-state index is 14.4. The zero-order valence-corrected chi connectivity index (χ0v) is 27.6. The van der Waals surface area contributed by atoms with E-state index < -0.39 is 23.2 Å². The van der Waals surface area contributed by atoms with Crippen molar-refractivity contribution in [2.24, 2.45) is 16.8 Å². The number of fused-ring (bicyclic) bond motifs is 1. The monoisotopic (exact) mass is 647 g/mol. The lowest BCUT2D eigenvalue weighted by atomic mass is 9.95. The fourth-order valence-corrected chi connectivity index (χ4v) is 6.01. The van der Waals surface area contributed by atoms with Gasteiger partial charge in [0.2, 0.25) is 0 Å². The van der Waals surface area contributed by atoms with Crippen molar-refractivity contribution in [1.82, 2.24) is 9.80 Å². The van der Waals surface area contributed by atoms with Gasteiger partial charge in [-0.05, 0) is 108 Å². The van der Waals surface area contributed by atoms with Crippen molar-refractivity contribution >= 4 is 29.6 Å².